The van der Waals surface area contributed by atoms with Crippen LogP contribution in [0.2, 0.25) is 0 Å². The molecule has 31 heavy (non-hydrogen) atoms. The number of benzene rings is 1. The predicted molar refractivity (Wildman–Crippen MR) is 118 cm³/mol. The number of ether oxygens (including phenoxy) is 1. The maximum atomic E-state index is 12.8. The first-order valence-electron chi connectivity index (χ1n) is 9.51. The van der Waals surface area contributed by atoms with Gasteiger partial charge in [0.1, 0.15) is 5.69 Å². The smallest absolute Gasteiger partial charge is 0.316 e. The predicted octanol–water partition coefficient (Wildman–Crippen LogP) is 2.17. The molecule has 2 heterocycles. The summed E-state index contributed by atoms with van der Waals surface area (Å²) in [6.07, 6.45) is 0. The molecule has 1 aromatic carbocycles. The lowest BCUT2D eigenvalue weighted by Gasteiger charge is -2.07. The standard InChI is InChI=1S/C21H23N5O4S/c1-13-10-14(2)23-21(22-13)31-12-18(28)30-11-17(27)24-19-15(3)25(4)26(20(19)29)16-8-6-5-7-9-16/h5-10H,11-12H2,1-4H3,(H,24,27). The van der Waals surface area contributed by atoms with E-state index in [0.717, 1.165) is 23.1 Å². The Morgan fingerprint density at radius 2 is 1.74 bits per heavy atom. The molecule has 0 spiro atoms. The molecule has 3 aromatic rings. The van der Waals surface area contributed by atoms with Crippen LogP contribution in [0.25, 0.3) is 5.69 Å². The lowest BCUT2D eigenvalue weighted by molar-refractivity contribution is -0.144. The molecule has 0 bridgehead atoms. The number of anilines is 1. The number of thioether (sulfide) groups is 1. The van der Waals surface area contributed by atoms with E-state index in [2.05, 4.69) is 15.3 Å². The number of rotatable bonds is 7. The first-order valence-corrected chi connectivity index (χ1v) is 10.5. The van der Waals surface area contributed by atoms with Gasteiger partial charge in [0.2, 0.25) is 0 Å². The van der Waals surface area contributed by atoms with Crippen LogP contribution in [0.3, 0.4) is 0 Å². The van der Waals surface area contributed by atoms with E-state index in [-0.39, 0.29) is 17.0 Å². The van der Waals surface area contributed by atoms with E-state index in [1.807, 2.05) is 38.1 Å². The SMILES string of the molecule is Cc1cc(C)nc(SCC(=O)OCC(=O)Nc2c(C)n(C)n(-c3ccccc3)c2=O)n1. The maximum absolute atomic E-state index is 12.8. The van der Waals surface area contributed by atoms with Gasteiger partial charge in [-0.2, -0.15) is 0 Å². The molecule has 0 saturated carbocycles. The molecule has 3 rings (SSSR count). The number of hydrogen-bond donors (Lipinski definition) is 1. The van der Waals surface area contributed by atoms with Crippen molar-refractivity contribution >= 4 is 29.3 Å². The van der Waals surface area contributed by atoms with Crippen molar-refractivity contribution in [3.8, 4) is 5.69 Å². The third kappa shape index (κ3) is 5.40. The van der Waals surface area contributed by atoms with Gasteiger partial charge in [-0.1, -0.05) is 30.0 Å². The molecule has 0 aliphatic rings. The van der Waals surface area contributed by atoms with Crippen LogP contribution < -0.4 is 10.9 Å². The van der Waals surface area contributed by atoms with E-state index in [9.17, 15) is 14.4 Å². The summed E-state index contributed by atoms with van der Waals surface area (Å²) in [6, 6.07) is 10.9. The zero-order chi connectivity index (χ0) is 22.5. The molecule has 162 valence electrons. The van der Waals surface area contributed by atoms with E-state index in [0.29, 0.717) is 16.5 Å². The molecule has 1 N–H and O–H groups in total. The zero-order valence-corrected chi connectivity index (χ0v) is 18.5. The first-order chi connectivity index (χ1) is 14.8. The molecule has 0 atom stereocenters. The van der Waals surface area contributed by atoms with Crippen molar-refractivity contribution in [1.29, 1.82) is 0 Å². The van der Waals surface area contributed by atoms with Crippen LogP contribution in [0, 0.1) is 20.8 Å². The topological polar surface area (TPSA) is 108 Å². The van der Waals surface area contributed by atoms with E-state index in [4.69, 9.17) is 4.74 Å². The Bertz CT molecular complexity index is 1150. The highest BCUT2D eigenvalue weighted by Gasteiger charge is 2.19. The van der Waals surface area contributed by atoms with Crippen LogP contribution in [0.4, 0.5) is 5.69 Å². The average molecular weight is 442 g/mol. The Hall–Kier alpha value is -3.40. The molecule has 0 aliphatic carbocycles. The molecular formula is C21H23N5O4S. The molecule has 0 fully saturated rings. The normalized spacial score (nSPS) is 10.7. The molecule has 9 nitrogen and oxygen atoms in total. The number of hydrogen-bond acceptors (Lipinski definition) is 7. The second-order valence-corrected chi connectivity index (χ2v) is 7.81. The number of para-hydroxylation sites is 1. The molecule has 2 aromatic heterocycles. The Labute approximate surface area is 183 Å². The molecule has 10 heteroatoms. The van der Waals surface area contributed by atoms with Crippen molar-refractivity contribution in [3.63, 3.8) is 0 Å². The van der Waals surface area contributed by atoms with Gasteiger partial charge in [-0.05, 0) is 39.0 Å². The fraction of sp³-hybridized carbons (Fsp3) is 0.286. The van der Waals surface area contributed by atoms with Crippen LogP contribution in [-0.2, 0) is 21.4 Å². The quantitative estimate of drug-likeness (QED) is 0.340. The summed E-state index contributed by atoms with van der Waals surface area (Å²) < 4.78 is 8.12. The lowest BCUT2D eigenvalue weighted by atomic mass is 10.3. The highest BCUT2D eigenvalue weighted by Crippen LogP contribution is 2.15. The van der Waals surface area contributed by atoms with E-state index < -0.39 is 18.5 Å². The molecule has 0 radical (unpaired) electrons. The summed E-state index contributed by atoms with van der Waals surface area (Å²) in [5.74, 6) is -1.19. The number of amides is 1. The molecule has 0 unspecified atom stereocenters. The average Bonchev–Trinajstić information content (AvgIpc) is 2.94. The van der Waals surface area contributed by atoms with Gasteiger partial charge in [0, 0.05) is 18.4 Å². The van der Waals surface area contributed by atoms with Crippen LogP contribution in [0.1, 0.15) is 17.1 Å². The van der Waals surface area contributed by atoms with Gasteiger partial charge in [0.25, 0.3) is 11.5 Å². The molecule has 0 aliphatic heterocycles. The lowest BCUT2D eigenvalue weighted by Crippen LogP contribution is -2.26. The van der Waals surface area contributed by atoms with Gasteiger partial charge >= 0.3 is 5.97 Å². The second-order valence-electron chi connectivity index (χ2n) is 6.87. The van der Waals surface area contributed by atoms with Crippen molar-refractivity contribution in [2.75, 3.05) is 17.7 Å². The van der Waals surface area contributed by atoms with Gasteiger partial charge < -0.3 is 10.1 Å². The van der Waals surface area contributed by atoms with Crippen molar-refractivity contribution in [3.05, 3.63) is 63.8 Å². The third-order valence-electron chi connectivity index (χ3n) is 4.46. The Morgan fingerprint density at radius 3 is 2.39 bits per heavy atom. The Balaban J connectivity index is 1.59. The van der Waals surface area contributed by atoms with Crippen molar-refractivity contribution in [2.45, 2.75) is 25.9 Å². The highest BCUT2D eigenvalue weighted by atomic mass is 32.2. The first kappa shape index (κ1) is 22.3. The van der Waals surface area contributed by atoms with E-state index in [1.54, 1.807) is 30.8 Å². The largest absolute Gasteiger partial charge is 0.455 e. The summed E-state index contributed by atoms with van der Waals surface area (Å²) in [6.45, 7) is 4.92. The van der Waals surface area contributed by atoms with Crippen molar-refractivity contribution in [2.24, 2.45) is 7.05 Å². The van der Waals surface area contributed by atoms with Crippen LogP contribution in [-0.4, -0.2) is 43.6 Å². The van der Waals surface area contributed by atoms with Crippen LogP contribution in [0.15, 0.2) is 46.3 Å². The Morgan fingerprint density at radius 1 is 1.10 bits per heavy atom. The molecular weight excluding hydrogens is 418 g/mol. The second kappa shape index (κ2) is 9.61. The summed E-state index contributed by atoms with van der Waals surface area (Å²) in [4.78, 5) is 45.5. The van der Waals surface area contributed by atoms with Gasteiger partial charge in [0.05, 0.1) is 17.1 Å². The van der Waals surface area contributed by atoms with Gasteiger partial charge in [-0.3, -0.25) is 19.1 Å². The molecule has 0 saturated heterocycles. The van der Waals surface area contributed by atoms with Gasteiger partial charge in [-0.25, -0.2) is 14.6 Å². The number of carbonyl (C=O) groups is 2. The third-order valence-corrected chi connectivity index (χ3v) is 5.28. The van der Waals surface area contributed by atoms with Crippen molar-refractivity contribution < 1.29 is 14.3 Å². The minimum Gasteiger partial charge on any atom is -0.455 e. The van der Waals surface area contributed by atoms with E-state index in [1.165, 1.54) is 4.68 Å². The number of nitrogens with one attached hydrogen (secondary N) is 1. The summed E-state index contributed by atoms with van der Waals surface area (Å²) >= 11 is 1.14. The maximum Gasteiger partial charge on any atom is 0.316 e. The number of aromatic nitrogens is 4. The van der Waals surface area contributed by atoms with Gasteiger partial charge in [0.15, 0.2) is 11.8 Å². The number of carbonyl (C=O) groups excluding carboxylic acids is 2. The molecule has 1 amide bonds. The van der Waals surface area contributed by atoms with Crippen molar-refractivity contribution in [1.82, 2.24) is 19.3 Å². The summed E-state index contributed by atoms with van der Waals surface area (Å²) in [5.41, 5.74) is 2.65. The fourth-order valence-electron chi connectivity index (χ4n) is 2.96. The summed E-state index contributed by atoms with van der Waals surface area (Å²) in [7, 11) is 1.73. The number of nitrogens with zero attached hydrogens (tertiary/aromatic N) is 4. The van der Waals surface area contributed by atoms with Crippen LogP contribution >= 0.6 is 11.8 Å². The van der Waals surface area contributed by atoms with Crippen LogP contribution in [0.5, 0.6) is 0 Å². The number of aryl methyl sites for hydroxylation is 2. The zero-order valence-electron chi connectivity index (χ0n) is 17.7. The fourth-order valence-corrected chi connectivity index (χ4v) is 3.70. The monoisotopic (exact) mass is 441 g/mol. The Kier molecular flexibility index (Phi) is 6.91. The summed E-state index contributed by atoms with van der Waals surface area (Å²) in [5, 5.41) is 3.02. The van der Waals surface area contributed by atoms with E-state index >= 15 is 0 Å². The minimum absolute atomic E-state index is 0.0264. The van der Waals surface area contributed by atoms with Gasteiger partial charge in [-0.15, -0.1) is 0 Å². The minimum atomic E-state index is -0.591. The number of esters is 1. The highest BCUT2D eigenvalue weighted by molar-refractivity contribution is 7.99.